The van der Waals surface area contributed by atoms with Crippen molar-refractivity contribution in [2.45, 2.75) is 62.8 Å². The van der Waals surface area contributed by atoms with Gasteiger partial charge < -0.3 is 15.5 Å². The number of nitrogens with one attached hydrogen (secondary N) is 1. The molecule has 1 amide bonds. The number of fused-ring (bicyclic) bond motifs is 2. The molecule has 0 radical (unpaired) electrons. The second kappa shape index (κ2) is 12.1. The number of amides is 1. The van der Waals surface area contributed by atoms with Crippen LogP contribution in [0.3, 0.4) is 0 Å². The molecule has 6 rings (SSSR count). The third kappa shape index (κ3) is 5.29. The van der Waals surface area contributed by atoms with Crippen LogP contribution in [0.15, 0.2) is 97.1 Å². The lowest BCUT2D eigenvalue weighted by Crippen LogP contribution is -2.52. The van der Waals surface area contributed by atoms with E-state index >= 15 is 4.39 Å². The molecule has 6 atom stereocenters. The van der Waals surface area contributed by atoms with Crippen molar-refractivity contribution >= 4 is 40.8 Å². The van der Waals surface area contributed by atoms with Gasteiger partial charge in [0.05, 0.1) is 17.2 Å². The van der Waals surface area contributed by atoms with Gasteiger partial charge in [-0.05, 0) is 52.3 Å². The van der Waals surface area contributed by atoms with Gasteiger partial charge >= 0.3 is 5.97 Å². The standard InChI is InChI=1S/C37H35Cl2FN2O4/c1-36(2,3)20-28-37(25-18-17-23(38)19-27(25)41-35(37)46)29(24-15-10-16-26(39)30(24)40)32(34(44)45)42(28)31(21-11-6-4-7-12-21)33(43)22-13-8-5-9-14-22/h4-19,28-29,31-33,43H,20H2,1-3H3,(H,41,46)(H,44,45)/t28-,29+,31-,32-,33-,37?/m1/s1. The zero-order valence-electron chi connectivity index (χ0n) is 25.6. The Hall–Kier alpha value is -3.75. The topological polar surface area (TPSA) is 89.9 Å². The van der Waals surface area contributed by atoms with Crippen LogP contribution >= 0.6 is 23.2 Å². The molecule has 1 unspecified atom stereocenters. The second-order valence-corrected chi connectivity index (χ2v) is 14.2. The van der Waals surface area contributed by atoms with Crippen LogP contribution < -0.4 is 5.32 Å². The summed E-state index contributed by atoms with van der Waals surface area (Å²) in [5.41, 5.74) is 0.163. The number of benzene rings is 4. The average molecular weight is 662 g/mol. The maximum atomic E-state index is 16.3. The van der Waals surface area contributed by atoms with Crippen molar-refractivity contribution in [1.29, 1.82) is 0 Å². The average Bonchev–Trinajstić information content (AvgIpc) is 3.46. The first-order chi connectivity index (χ1) is 21.9. The van der Waals surface area contributed by atoms with E-state index < -0.39 is 58.7 Å². The first-order valence-electron chi connectivity index (χ1n) is 15.2. The molecular formula is C37H35Cl2FN2O4. The zero-order valence-corrected chi connectivity index (χ0v) is 27.1. The summed E-state index contributed by atoms with van der Waals surface area (Å²) in [6, 6.07) is 24.5. The lowest BCUT2D eigenvalue weighted by molar-refractivity contribution is -0.145. The van der Waals surface area contributed by atoms with Crippen molar-refractivity contribution in [1.82, 2.24) is 4.90 Å². The number of aliphatic hydroxyl groups is 1. The number of carbonyl (C=O) groups excluding carboxylic acids is 1. The Morgan fingerprint density at radius 1 is 0.957 bits per heavy atom. The highest BCUT2D eigenvalue weighted by Gasteiger charge is 2.70. The van der Waals surface area contributed by atoms with Crippen LogP contribution in [0, 0.1) is 11.2 Å². The number of nitrogens with zero attached hydrogens (tertiary/aromatic N) is 1. The Bertz CT molecular complexity index is 1780. The van der Waals surface area contributed by atoms with E-state index in [-0.39, 0.29) is 10.6 Å². The number of aliphatic carboxylic acids is 1. The summed E-state index contributed by atoms with van der Waals surface area (Å²) in [5, 5.41) is 26.7. The molecule has 0 bridgehead atoms. The van der Waals surface area contributed by atoms with Crippen LogP contribution in [0.4, 0.5) is 10.1 Å². The Labute approximate surface area is 277 Å². The summed E-state index contributed by atoms with van der Waals surface area (Å²) < 4.78 is 16.3. The Morgan fingerprint density at radius 3 is 2.20 bits per heavy atom. The first kappa shape index (κ1) is 32.2. The van der Waals surface area contributed by atoms with Crippen LogP contribution in [-0.2, 0) is 15.0 Å². The first-order valence-corrected chi connectivity index (χ1v) is 16.0. The van der Waals surface area contributed by atoms with E-state index in [2.05, 4.69) is 5.32 Å². The molecule has 46 heavy (non-hydrogen) atoms. The fraction of sp³-hybridized carbons (Fsp3) is 0.297. The van der Waals surface area contributed by atoms with Crippen molar-refractivity contribution in [2.24, 2.45) is 5.41 Å². The molecule has 0 aromatic heterocycles. The van der Waals surface area contributed by atoms with Gasteiger partial charge in [0.1, 0.15) is 17.3 Å². The molecule has 2 heterocycles. The number of hydrogen-bond donors (Lipinski definition) is 3. The zero-order chi connectivity index (χ0) is 33.0. The summed E-state index contributed by atoms with van der Waals surface area (Å²) in [4.78, 5) is 30.3. The number of halogens is 3. The highest BCUT2D eigenvalue weighted by molar-refractivity contribution is 6.31. The third-order valence-electron chi connectivity index (χ3n) is 9.34. The van der Waals surface area contributed by atoms with Gasteiger partial charge in [0.2, 0.25) is 5.91 Å². The Kier molecular flexibility index (Phi) is 8.49. The molecule has 1 spiro atoms. The monoisotopic (exact) mass is 660 g/mol. The van der Waals surface area contributed by atoms with Crippen molar-refractivity contribution in [3.05, 3.63) is 135 Å². The molecule has 0 aliphatic carbocycles. The molecule has 1 fully saturated rings. The molecular weight excluding hydrogens is 626 g/mol. The van der Waals surface area contributed by atoms with E-state index in [1.165, 1.54) is 12.1 Å². The summed E-state index contributed by atoms with van der Waals surface area (Å²) >= 11 is 12.7. The molecule has 3 N–H and O–H groups in total. The number of rotatable bonds is 7. The Morgan fingerprint density at radius 2 is 1.59 bits per heavy atom. The lowest BCUT2D eigenvalue weighted by Gasteiger charge is -2.43. The van der Waals surface area contributed by atoms with Crippen LogP contribution in [0.25, 0.3) is 0 Å². The minimum Gasteiger partial charge on any atom is -0.480 e. The van der Waals surface area contributed by atoms with Crippen LogP contribution in [0.5, 0.6) is 0 Å². The van der Waals surface area contributed by atoms with Crippen LogP contribution in [0.2, 0.25) is 10.0 Å². The highest BCUT2D eigenvalue weighted by atomic mass is 35.5. The van der Waals surface area contributed by atoms with Crippen molar-refractivity contribution in [3.8, 4) is 0 Å². The van der Waals surface area contributed by atoms with Gasteiger partial charge in [-0.15, -0.1) is 0 Å². The van der Waals surface area contributed by atoms with E-state index in [1.807, 2.05) is 69.3 Å². The summed E-state index contributed by atoms with van der Waals surface area (Å²) in [6.07, 6.45) is -0.877. The number of anilines is 1. The summed E-state index contributed by atoms with van der Waals surface area (Å²) in [7, 11) is 0. The van der Waals surface area contributed by atoms with E-state index in [1.54, 1.807) is 41.3 Å². The van der Waals surface area contributed by atoms with E-state index in [4.69, 9.17) is 23.2 Å². The van der Waals surface area contributed by atoms with Crippen LogP contribution in [-0.4, -0.2) is 39.1 Å². The predicted octanol–water partition coefficient (Wildman–Crippen LogP) is 8.15. The fourth-order valence-electron chi connectivity index (χ4n) is 7.69. The van der Waals surface area contributed by atoms with Gasteiger partial charge in [-0.2, -0.15) is 0 Å². The molecule has 0 saturated carbocycles. The summed E-state index contributed by atoms with van der Waals surface area (Å²) in [5.74, 6) is -3.74. The number of carboxylic acid groups (broad SMARTS) is 1. The molecule has 2 aliphatic rings. The van der Waals surface area contributed by atoms with Gasteiger partial charge in [0.15, 0.2) is 0 Å². The van der Waals surface area contributed by atoms with Gasteiger partial charge in [-0.3, -0.25) is 14.5 Å². The predicted molar refractivity (Wildman–Crippen MR) is 178 cm³/mol. The minimum atomic E-state index is -1.61. The minimum absolute atomic E-state index is 0.0141. The highest BCUT2D eigenvalue weighted by Crippen LogP contribution is 2.62. The fourth-order valence-corrected chi connectivity index (χ4v) is 8.04. The van der Waals surface area contributed by atoms with E-state index in [0.717, 1.165) is 0 Å². The number of carboxylic acids is 1. The lowest BCUT2D eigenvalue weighted by atomic mass is 9.62. The van der Waals surface area contributed by atoms with Crippen LogP contribution in [0.1, 0.15) is 67.5 Å². The summed E-state index contributed by atoms with van der Waals surface area (Å²) in [6.45, 7) is 6.05. The smallest absolute Gasteiger partial charge is 0.321 e. The normalized spacial score (nSPS) is 24.1. The van der Waals surface area contributed by atoms with Gasteiger partial charge in [0.25, 0.3) is 0 Å². The second-order valence-electron chi connectivity index (χ2n) is 13.4. The molecule has 238 valence electrons. The van der Waals surface area contributed by atoms with Crippen molar-refractivity contribution in [2.75, 3.05) is 5.32 Å². The van der Waals surface area contributed by atoms with Gasteiger partial charge in [-0.25, -0.2) is 4.39 Å². The number of hydrogen-bond acceptors (Lipinski definition) is 4. The molecule has 6 nitrogen and oxygen atoms in total. The van der Waals surface area contributed by atoms with E-state index in [9.17, 15) is 19.8 Å². The molecule has 2 aliphatic heterocycles. The van der Waals surface area contributed by atoms with Crippen molar-refractivity contribution < 1.29 is 24.2 Å². The van der Waals surface area contributed by atoms with Gasteiger partial charge in [-0.1, -0.05) is 123 Å². The molecule has 4 aromatic rings. The number of aliphatic hydroxyl groups excluding tert-OH is 1. The van der Waals surface area contributed by atoms with E-state index in [0.29, 0.717) is 33.8 Å². The van der Waals surface area contributed by atoms with Gasteiger partial charge in [0, 0.05) is 22.7 Å². The maximum absolute atomic E-state index is 16.3. The molecule has 1 saturated heterocycles. The quantitative estimate of drug-likeness (QED) is 0.186. The number of carbonyl (C=O) groups is 2. The molecule has 9 heteroatoms. The maximum Gasteiger partial charge on any atom is 0.321 e. The largest absolute Gasteiger partial charge is 0.480 e. The van der Waals surface area contributed by atoms with Crippen molar-refractivity contribution in [3.63, 3.8) is 0 Å². The third-order valence-corrected chi connectivity index (χ3v) is 9.87. The number of likely N-dealkylation sites (tertiary alicyclic amines) is 1. The Balaban J connectivity index is 1.74. The SMILES string of the molecule is CC(C)(C)C[C@H]1N([C@H](c2ccccc2)[C@H](O)c2ccccc2)[C@@H](C(=O)O)[C@H](c2cccc(Cl)c2F)C12C(=O)Nc1cc(Cl)ccc12. The molecule has 4 aromatic carbocycles.